The lowest BCUT2D eigenvalue weighted by molar-refractivity contribution is 0.0589. The van der Waals surface area contributed by atoms with E-state index in [1.807, 2.05) is 37.4 Å². The maximum atomic E-state index is 14.7. The van der Waals surface area contributed by atoms with Gasteiger partial charge in [0.1, 0.15) is 22.3 Å². The highest BCUT2D eigenvalue weighted by atomic mass is 35.5. The van der Waals surface area contributed by atoms with Crippen LogP contribution in [-0.4, -0.2) is 63.2 Å². The van der Waals surface area contributed by atoms with Crippen molar-refractivity contribution in [2.45, 2.75) is 44.3 Å². The number of halogens is 4. The zero-order valence-electron chi connectivity index (χ0n) is 25.2. The fourth-order valence-electron chi connectivity index (χ4n) is 5.78. The molecule has 3 aromatic carbocycles. The average molecular weight is 697 g/mol. The highest BCUT2D eigenvalue weighted by Gasteiger charge is 2.34. The van der Waals surface area contributed by atoms with Gasteiger partial charge in [-0.25, -0.2) is 21.6 Å². The Balaban J connectivity index is 1.53. The van der Waals surface area contributed by atoms with Gasteiger partial charge >= 0.3 is 0 Å². The van der Waals surface area contributed by atoms with E-state index in [9.17, 15) is 22.0 Å². The molecule has 1 aliphatic carbocycles. The Hall–Kier alpha value is -2.96. The van der Waals surface area contributed by atoms with Gasteiger partial charge in [-0.15, -0.1) is 11.3 Å². The van der Waals surface area contributed by atoms with Gasteiger partial charge in [0.15, 0.2) is 0 Å². The standard InChI is InChI=1S/C32H33Cl2F2N3O4S2/c1-37(34)22-10-12-24(13-11-22)39(32(40)31-29(33)28-25(35)14-15-26(36)30(28)44-31)18-21-17-20(7-16-27(21)43-3)19-5-8-23(9-6-19)38(2)45(4,41)42/h5-9,14-17,22,24H,10-13,18H2,1-4H3/t22-,24-. The minimum absolute atomic E-state index is 0.000292. The number of hydrogen-bond acceptors (Lipinski definition) is 6. The van der Waals surface area contributed by atoms with E-state index in [0.29, 0.717) is 24.3 Å². The molecule has 1 aromatic heterocycles. The molecule has 13 heteroatoms. The molecule has 45 heavy (non-hydrogen) atoms. The number of methoxy groups -OCH3 is 1. The van der Waals surface area contributed by atoms with Gasteiger partial charge in [-0.3, -0.25) is 9.10 Å². The van der Waals surface area contributed by atoms with Crippen molar-refractivity contribution in [3.8, 4) is 16.9 Å². The van der Waals surface area contributed by atoms with Gasteiger partial charge in [0.05, 0.1) is 34.2 Å². The Morgan fingerprint density at radius 3 is 2.13 bits per heavy atom. The highest BCUT2D eigenvalue weighted by Crippen LogP contribution is 2.41. The maximum Gasteiger partial charge on any atom is 0.266 e. The normalized spacial score (nSPS) is 17.1. The van der Waals surface area contributed by atoms with Crippen LogP contribution in [0.1, 0.15) is 40.9 Å². The van der Waals surface area contributed by atoms with Crippen molar-refractivity contribution in [3.63, 3.8) is 0 Å². The van der Waals surface area contributed by atoms with E-state index in [4.69, 9.17) is 28.1 Å². The quantitative estimate of drug-likeness (QED) is 0.166. The van der Waals surface area contributed by atoms with E-state index in [1.165, 1.54) is 11.4 Å². The predicted octanol–water partition coefficient (Wildman–Crippen LogP) is 7.94. The van der Waals surface area contributed by atoms with Crippen molar-refractivity contribution in [2.75, 3.05) is 31.8 Å². The molecule has 5 rings (SSSR count). The van der Waals surface area contributed by atoms with Gasteiger partial charge in [0, 0.05) is 38.3 Å². The van der Waals surface area contributed by atoms with Crippen molar-refractivity contribution in [1.82, 2.24) is 9.32 Å². The van der Waals surface area contributed by atoms with Crippen LogP contribution < -0.4 is 9.04 Å². The number of amides is 1. The Labute approximate surface area is 276 Å². The predicted molar refractivity (Wildman–Crippen MR) is 178 cm³/mol. The zero-order chi connectivity index (χ0) is 32.6. The third-order valence-corrected chi connectivity index (χ3v) is 11.6. The largest absolute Gasteiger partial charge is 0.496 e. The number of ether oxygens (including phenoxy) is 1. The second-order valence-electron chi connectivity index (χ2n) is 11.2. The van der Waals surface area contributed by atoms with Gasteiger partial charge in [0.25, 0.3) is 5.91 Å². The van der Waals surface area contributed by atoms with Crippen LogP contribution >= 0.6 is 34.7 Å². The van der Waals surface area contributed by atoms with Crippen LogP contribution in [0.4, 0.5) is 14.5 Å². The average Bonchev–Trinajstić information content (AvgIpc) is 3.38. The summed E-state index contributed by atoms with van der Waals surface area (Å²) in [5.41, 5.74) is 2.93. The van der Waals surface area contributed by atoms with Crippen LogP contribution in [0.15, 0.2) is 54.6 Å². The summed E-state index contributed by atoms with van der Waals surface area (Å²) in [4.78, 5) is 16.1. The van der Waals surface area contributed by atoms with Crippen molar-refractivity contribution in [3.05, 3.63) is 81.7 Å². The fraction of sp³-hybridized carbons (Fsp3) is 0.344. The molecule has 0 aliphatic heterocycles. The molecule has 4 aromatic rings. The molecule has 1 amide bonds. The summed E-state index contributed by atoms with van der Waals surface area (Å²) in [7, 11) is 1.45. The molecule has 1 aliphatic rings. The van der Waals surface area contributed by atoms with Crippen LogP contribution in [-0.2, 0) is 16.6 Å². The Kier molecular flexibility index (Phi) is 9.96. The molecule has 0 unspecified atom stereocenters. The SMILES string of the molecule is COc1ccc(-c2ccc(N(C)S(C)(=O)=O)cc2)cc1CN(C(=O)c1sc2c(F)ccc(F)c2c1Cl)[C@H]1CC[C@H](N(C)Cl)CC1. The Morgan fingerprint density at radius 1 is 0.956 bits per heavy atom. The maximum absolute atomic E-state index is 14.7. The van der Waals surface area contributed by atoms with E-state index in [0.717, 1.165) is 59.3 Å². The lowest BCUT2D eigenvalue weighted by atomic mass is 9.89. The summed E-state index contributed by atoms with van der Waals surface area (Å²) in [5.74, 6) is -1.17. The number of carbonyl (C=O) groups is 1. The number of hydrogen-bond donors (Lipinski definition) is 0. The summed E-state index contributed by atoms with van der Waals surface area (Å²) < 4.78 is 61.9. The molecular weight excluding hydrogens is 663 g/mol. The lowest BCUT2D eigenvalue weighted by Gasteiger charge is -2.38. The molecule has 0 bridgehead atoms. The van der Waals surface area contributed by atoms with Gasteiger partial charge in [-0.1, -0.05) is 29.8 Å². The van der Waals surface area contributed by atoms with Crippen LogP contribution in [0.2, 0.25) is 5.02 Å². The number of fused-ring (bicyclic) bond motifs is 1. The van der Waals surface area contributed by atoms with E-state index in [2.05, 4.69) is 0 Å². The van der Waals surface area contributed by atoms with Crippen LogP contribution in [0, 0.1) is 11.6 Å². The second-order valence-corrected chi connectivity index (χ2v) is 15.1. The van der Waals surface area contributed by atoms with Gasteiger partial charge in [-0.05, 0) is 85.0 Å². The van der Waals surface area contributed by atoms with Gasteiger partial charge in [0.2, 0.25) is 10.0 Å². The topological polar surface area (TPSA) is 70.2 Å². The molecule has 1 heterocycles. The number of carbonyl (C=O) groups excluding carboxylic acids is 1. The van der Waals surface area contributed by atoms with Crippen molar-refractivity contribution < 1.29 is 26.7 Å². The number of anilines is 1. The molecule has 0 spiro atoms. The fourth-order valence-corrected chi connectivity index (χ4v) is 7.98. The number of rotatable bonds is 9. The minimum atomic E-state index is -3.41. The minimum Gasteiger partial charge on any atom is -0.496 e. The van der Waals surface area contributed by atoms with Crippen LogP contribution in [0.25, 0.3) is 21.2 Å². The van der Waals surface area contributed by atoms with E-state index < -0.39 is 27.6 Å². The van der Waals surface area contributed by atoms with Crippen LogP contribution in [0.3, 0.4) is 0 Å². The zero-order valence-corrected chi connectivity index (χ0v) is 28.3. The van der Waals surface area contributed by atoms with Gasteiger partial charge in [-0.2, -0.15) is 0 Å². The lowest BCUT2D eigenvalue weighted by Crippen LogP contribution is -2.44. The molecule has 0 radical (unpaired) electrons. The van der Waals surface area contributed by atoms with Crippen LogP contribution in [0.5, 0.6) is 5.75 Å². The summed E-state index contributed by atoms with van der Waals surface area (Å²) in [6.07, 6.45) is 4.03. The number of benzene rings is 3. The molecule has 0 N–H and O–H groups in total. The van der Waals surface area contributed by atoms with Crippen molar-refractivity contribution >= 4 is 66.4 Å². The molecule has 1 fully saturated rings. The van der Waals surface area contributed by atoms with Crippen molar-refractivity contribution in [1.29, 1.82) is 0 Å². The van der Waals surface area contributed by atoms with Gasteiger partial charge < -0.3 is 9.64 Å². The first-order chi connectivity index (χ1) is 21.3. The number of nitrogens with zero attached hydrogens (tertiary/aromatic N) is 3. The molecule has 0 atom stereocenters. The molecule has 1 saturated carbocycles. The first-order valence-corrected chi connectivity index (χ1v) is 17.6. The first-order valence-electron chi connectivity index (χ1n) is 14.3. The summed E-state index contributed by atoms with van der Waals surface area (Å²) in [5, 5.41) is -0.196. The molecular formula is C32H33Cl2F2N3O4S2. The second kappa shape index (κ2) is 13.4. The van der Waals surface area contributed by atoms with E-state index >= 15 is 0 Å². The molecule has 240 valence electrons. The number of sulfonamides is 1. The summed E-state index contributed by atoms with van der Waals surface area (Å²) in [6.45, 7) is 0.159. The Bertz CT molecular complexity index is 1830. The number of thiophene rings is 1. The Morgan fingerprint density at radius 2 is 1.56 bits per heavy atom. The van der Waals surface area contributed by atoms with Crippen molar-refractivity contribution in [2.24, 2.45) is 0 Å². The molecule has 0 saturated heterocycles. The smallest absolute Gasteiger partial charge is 0.266 e. The monoisotopic (exact) mass is 695 g/mol. The third-order valence-electron chi connectivity index (χ3n) is 8.43. The third kappa shape index (κ3) is 6.92. The summed E-state index contributed by atoms with van der Waals surface area (Å²) in [6, 6.07) is 14.8. The van der Waals surface area contributed by atoms with E-state index in [1.54, 1.807) is 28.6 Å². The summed E-state index contributed by atoms with van der Waals surface area (Å²) >= 11 is 13.7. The molecule has 7 nitrogen and oxygen atoms in total. The highest BCUT2D eigenvalue weighted by molar-refractivity contribution is 7.92. The first kappa shape index (κ1) is 33.4. The van der Waals surface area contributed by atoms with E-state index in [-0.39, 0.29) is 38.6 Å².